The fourth-order valence-electron chi connectivity index (χ4n) is 0.0481. The molecule has 0 atom stereocenters. The van der Waals surface area contributed by atoms with Gasteiger partial charge in [-0.1, -0.05) is 18.8 Å². The molecule has 0 saturated heterocycles. The Morgan fingerprint density at radius 1 is 1.86 bits per heavy atom. The van der Waals surface area contributed by atoms with E-state index in [9.17, 15) is 0 Å². The van der Waals surface area contributed by atoms with Gasteiger partial charge in [0, 0.05) is 17.1 Å². The Morgan fingerprint density at radius 3 is 2.29 bits per heavy atom. The number of thiocarbonyl (C=S) groups is 1. The average molecular weight is 174 g/mol. The van der Waals surface area contributed by atoms with Crippen molar-refractivity contribution in [2.75, 3.05) is 0 Å². The van der Waals surface area contributed by atoms with E-state index in [-0.39, 0.29) is 17.1 Å². The van der Waals surface area contributed by atoms with Crippen LogP contribution in [0.15, 0.2) is 12.7 Å². The molecule has 0 aliphatic rings. The van der Waals surface area contributed by atoms with Crippen molar-refractivity contribution in [3.05, 3.63) is 12.7 Å². The van der Waals surface area contributed by atoms with Crippen LogP contribution in [-0.4, -0.2) is 4.20 Å². The van der Waals surface area contributed by atoms with E-state index in [1.54, 1.807) is 6.08 Å². The van der Waals surface area contributed by atoms with E-state index in [4.69, 9.17) is 5.14 Å². The van der Waals surface area contributed by atoms with Crippen LogP contribution in [0.5, 0.6) is 0 Å². The van der Waals surface area contributed by atoms with Crippen molar-refractivity contribution in [2.45, 2.75) is 0 Å². The first-order valence-corrected chi connectivity index (χ1v) is 2.63. The van der Waals surface area contributed by atoms with Gasteiger partial charge in [-0.05, 0) is 18.0 Å². The minimum absolute atomic E-state index is 0. The van der Waals surface area contributed by atoms with E-state index in [1.165, 1.54) is 0 Å². The molecule has 0 saturated carbocycles. The van der Waals surface area contributed by atoms with E-state index >= 15 is 0 Å². The molecule has 0 aromatic carbocycles. The second-order valence-corrected chi connectivity index (χ2v) is 2.01. The van der Waals surface area contributed by atoms with Crippen LogP contribution < -0.4 is 5.14 Å². The summed E-state index contributed by atoms with van der Waals surface area (Å²) >= 11 is 5.61. The quantitative estimate of drug-likeness (QED) is 0.279. The van der Waals surface area contributed by atoms with Crippen LogP contribution in [0, 0.1) is 0 Å². The maximum atomic E-state index is 4.99. The summed E-state index contributed by atoms with van der Waals surface area (Å²) in [6.07, 6.45) is 1.54. The molecule has 0 aromatic rings. The SMILES string of the molecule is C=CC(=S)SN.[Mn]. The first kappa shape index (κ1) is 10.6. The molecule has 0 bridgehead atoms. The molecule has 0 aliphatic carbocycles. The van der Waals surface area contributed by atoms with Crippen molar-refractivity contribution < 1.29 is 17.1 Å². The second-order valence-electron chi connectivity index (χ2n) is 0.641. The Labute approximate surface area is 63.3 Å². The molecule has 0 aliphatic heterocycles. The van der Waals surface area contributed by atoms with Gasteiger partial charge < -0.3 is 0 Å². The molecule has 0 spiro atoms. The number of hydrogen-bond acceptors (Lipinski definition) is 3. The number of hydrogen-bond donors (Lipinski definition) is 1. The molecule has 0 amide bonds. The summed E-state index contributed by atoms with van der Waals surface area (Å²) in [6.45, 7) is 3.39. The van der Waals surface area contributed by atoms with Crippen molar-refractivity contribution >= 4 is 28.4 Å². The van der Waals surface area contributed by atoms with Gasteiger partial charge in [0.15, 0.2) is 0 Å². The van der Waals surface area contributed by atoms with Crippen molar-refractivity contribution in [3.8, 4) is 0 Å². The van der Waals surface area contributed by atoms with Gasteiger partial charge in [-0.2, -0.15) is 0 Å². The zero-order chi connectivity index (χ0) is 4.99. The van der Waals surface area contributed by atoms with Gasteiger partial charge in [-0.15, -0.1) is 0 Å². The Hall–Kier alpha value is 0.659. The maximum absolute atomic E-state index is 4.99. The summed E-state index contributed by atoms with van der Waals surface area (Å²) in [4.78, 5) is 0. The van der Waals surface area contributed by atoms with Gasteiger partial charge in [0.25, 0.3) is 0 Å². The molecule has 7 heavy (non-hydrogen) atoms. The normalized spacial score (nSPS) is 6.43. The van der Waals surface area contributed by atoms with Crippen LogP contribution in [0.3, 0.4) is 0 Å². The van der Waals surface area contributed by atoms with E-state index < -0.39 is 0 Å². The standard InChI is InChI=1S/C3H5NS2.Mn/c1-2-3(5)6-4;/h2H,1,4H2;. The third-order valence-corrected chi connectivity index (χ3v) is 1.14. The first-order chi connectivity index (χ1) is 2.81. The minimum atomic E-state index is 0. The Kier molecular flexibility index (Phi) is 10.1. The summed E-state index contributed by atoms with van der Waals surface area (Å²) in [5, 5.41) is 4.99. The molecule has 1 radical (unpaired) electrons. The third kappa shape index (κ3) is 6.66. The van der Waals surface area contributed by atoms with Crippen LogP contribution in [0.2, 0.25) is 0 Å². The molecular formula is C3H5MnNS2. The van der Waals surface area contributed by atoms with Crippen molar-refractivity contribution in [2.24, 2.45) is 5.14 Å². The smallest absolute Gasteiger partial charge is 0.0849 e. The summed E-state index contributed by atoms with van der Waals surface area (Å²) in [7, 11) is 0. The van der Waals surface area contributed by atoms with Crippen LogP contribution in [0.1, 0.15) is 0 Å². The predicted octanol–water partition coefficient (Wildman–Crippen LogP) is 1.10. The van der Waals surface area contributed by atoms with Gasteiger partial charge >= 0.3 is 0 Å². The molecular weight excluding hydrogens is 169 g/mol. The van der Waals surface area contributed by atoms with Gasteiger partial charge in [0.05, 0.1) is 4.20 Å². The fraction of sp³-hybridized carbons (Fsp3) is 0. The zero-order valence-electron chi connectivity index (χ0n) is 3.56. The largest absolute Gasteiger partial charge is 0.273 e. The Balaban J connectivity index is 0. The van der Waals surface area contributed by atoms with Gasteiger partial charge in [0.1, 0.15) is 0 Å². The van der Waals surface area contributed by atoms with E-state index in [0.717, 1.165) is 11.9 Å². The zero-order valence-corrected chi connectivity index (χ0v) is 6.37. The van der Waals surface area contributed by atoms with Gasteiger partial charge in [0.2, 0.25) is 0 Å². The molecule has 0 unspecified atom stereocenters. The summed E-state index contributed by atoms with van der Waals surface area (Å²) in [5.41, 5.74) is 0. The minimum Gasteiger partial charge on any atom is -0.273 e. The van der Waals surface area contributed by atoms with Crippen LogP contribution in [-0.2, 0) is 17.1 Å². The number of nitrogens with two attached hydrogens (primary N) is 1. The average Bonchev–Trinajstić information content (AvgIpc) is 1.65. The third-order valence-electron chi connectivity index (χ3n) is 0.283. The summed E-state index contributed by atoms with van der Waals surface area (Å²) < 4.78 is 0.634. The Bertz CT molecular complexity index is 73.3. The molecule has 0 fully saturated rings. The molecule has 0 heterocycles. The maximum Gasteiger partial charge on any atom is 0.0849 e. The van der Waals surface area contributed by atoms with Crippen LogP contribution in [0.4, 0.5) is 0 Å². The van der Waals surface area contributed by atoms with Gasteiger partial charge in [-0.25, -0.2) is 0 Å². The summed E-state index contributed by atoms with van der Waals surface area (Å²) in [5.74, 6) is 0. The van der Waals surface area contributed by atoms with Crippen molar-refractivity contribution in [3.63, 3.8) is 0 Å². The molecule has 41 valence electrons. The molecule has 4 heteroatoms. The second kappa shape index (κ2) is 6.66. The van der Waals surface area contributed by atoms with E-state index in [2.05, 4.69) is 18.8 Å². The number of rotatable bonds is 1. The Morgan fingerprint density at radius 2 is 2.29 bits per heavy atom. The van der Waals surface area contributed by atoms with Crippen LogP contribution in [0.25, 0.3) is 0 Å². The van der Waals surface area contributed by atoms with Crippen molar-refractivity contribution in [1.29, 1.82) is 0 Å². The molecule has 0 aromatic heterocycles. The first-order valence-electron chi connectivity index (χ1n) is 1.34. The predicted molar refractivity (Wildman–Crippen MR) is 34.6 cm³/mol. The topological polar surface area (TPSA) is 26.0 Å². The molecule has 0 rings (SSSR count). The van der Waals surface area contributed by atoms with Crippen molar-refractivity contribution in [1.82, 2.24) is 0 Å². The monoisotopic (exact) mass is 174 g/mol. The molecule has 1 nitrogen and oxygen atoms in total. The molecule has 2 N–H and O–H groups in total. The van der Waals surface area contributed by atoms with E-state index in [1.807, 2.05) is 0 Å². The van der Waals surface area contributed by atoms with E-state index in [0.29, 0.717) is 4.20 Å². The van der Waals surface area contributed by atoms with Crippen LogP contribution >= 0.6 is 24.2 Å². The summed E-state index contributed by atoms with van der Waals surface area (Å²) in [6, 6.07) is 0. The van der Waals surface area contributed by atoms with Gasteiger partial charge in [-0.3, -0.25) is 5.14 Å². The fourth-order valence-corrected chi connectivity index (χ4v) is 0.144.